The van der Waals surface area contributed by atoms with E-state index in [1.165, 1.54) is 0 Å². The molecule has 0 atom stereocenters. The Morgan fingerprint density at radius 1 is 1.36 bits per heavy atom. The van der Waals surface area contributed by atoms with Crippen LogP contribution in [0.15, 0.2) is 25.3 Å². The third-order valence-electron chi connectivity index (χ3n) is 4.35. The van der Waals surface area contributed by atoms with E-state index < -0.39 is 0 Å². The highest BCUT2D eigenvalue weighted by Gasteiger charge is 2.29. The summed E-state index contributed by atoms with van der Waals surface area (Å²) in [4.78, 5) is 8.57. The largest absolute Gasteiger partial charge is 0.265 e. The number of rotatable bonds is 6. The van der Waals surface area contributed by atoms with Gasteiger partial charge in [0.2, 0.25) is 0 Å². The number of hydrogen-bond acceptors (Lipinski definition) is 4. The van der Waals surface area contributed by atoms with Crippen LogP contribution in [0.5, 0.6) is 0 Å². The molecule has 2 aromatic heterocycles. The monoisotopic (exact) mass is 295 g/mol. The summed E-state index contributed by atoms with van der Waals surface area (Å²) in [7, 11) is 0. The zero-order valence-electron chi connectivity index (χ0n) is 13.4. The number of hydrogen-bond donors (Lipinski definition) is 0. The van der Waals surface area contributed by atoms with Crippen molar-refractivity contribution < 1.29 is 0 Å². The van der Waals surface area contributed by atoms with Crippen LogP contribution in [0.4, 0.5) is 0 Å². The summed E-state index contributed by atoms with van der Waals surface area (Å²) in [6.07, 6.45) is 9.25. The lowest BCUT2D eigenvalue weighted by molar-refractivity contribution is 0.240. The molecule has 0 saturated heterocycles. The predicted molar refractivity (Wildman–Crippen MR) is 86.9 cm³/mol. The molecule has 22 heavy (non-hydrogen) atoms. The van der Waals surface area contributed by atoms with E-state index in [1.807, 2.05) is 17.8 Å². The van der Waals surface area contributed by atoms with Crippen molar-refractivity contribution in [1.29, 1.82) is 5.26 Å². The van der Waals surface area contributed by atoms with Crippen molar-refractivity contribution in [3.8, 4) is 17.3 Å². The molecule has 0 aromatic carbocycles. The van der Waals surface area contributed by atoms with Crippen LogP contribution < -0.4 is 0 Å². The van der Waals surface area contributed by atoms with Gasteiger partial charge in [-0.15, -0.1) is 0 Å². The van der Waals surface area contributed by atoms with Crippen molar-refractivity contribution in [2.75, 3.05) is 0 Å². The third kappa shape index (κ3) is 2.64. The van der Waals surface area contributed by atoms with Crippen molar-refractivity contribution in [3.05, 3.63) is 36.6 Å². The number of aryl methyl sites for hydroxylation is 1. The Labute approximate surface area is 131 Å². The number of aromatic nitrogens is 4. The van der Waals surface area contributed by atoms with Crippen LogP contribution in [0.1, 0.15) is 44.4 Å². The lowest BCUT2D eigenvalue weighted by Gasteiger charge is -2.29. The molecule has 0 aliphatic rings. The summed E-state index contributed by atoms with van der Waals surface area (Å²) in [6, 6.07) is 2.29. The molecule has 0 spiro atoms. The average molecular weight is 295 g/mol. The quantitative estimate of drug-likeness (QED) is 0.814. The van der Waals surface area contributed by atoms with Gasteiger partial charge < -0.3 is 0 Å². The van der Waals surface area contributed by atoms with Crippen LogP contribution in [0, 0.1) is 18.3 Å². The first kappa shape index (κ1) is 15.9. The first-order valence-electron chi connectivity index (χ1n) is 7.48. The number of nitriles is 1. The summed E-state index contributed by atoms with van der Waals surface area (Å²) in [5, 5.41) is 13.6. The zero-order chi connectivity index (χ0) is 16.2. The molecule has 5 heteroatoms. The molecule has 2 rings (SSSR count). The molecular weight excluding hydrogens is 274 g/mol. The van der Waals surface area contributed by atoms with E-state index in [2.05, 4.69) is 41.6 Å². The molecule has 0 bridgehead atoms. The van der Waals surface area contributed by atoms with E-state index in [1.54, 1.807) is 18.6 Å². The van der Waals surface area contributed by atoms with E-state index in [0.29, 0.717) is 6.42 Å². The smallest absolute Gasteiger partial charge is 0.116 e. The van der Waals surface area contributed by atoms with Gasteiger partial charge in [0.05, 0.1) is 29.9 Å². The maximum Gasteiger partial charge on any atom is 0.116 e. The molecule has 2 aromatic rings. The lowest BCUT2D eigenvalue weighted by atomic mass is 9.90. The van der Waals surface area contributed by atoms with Crippen molar-refractivity contribution in [2.45, 2.75) is 45.6 Å². The maximum absolute atomic E-state index is 9.14. The van der Waals surface area contributed by atoms with E-state index in [9.17, 15) is 0 Å². The van der Waals surface area contributed by atoms with E-state index in [-0.39, 0.29) is 5.54 Å². The summed E-state index contributed by atoms with van der Waals surface area (Å²) in [6.45, 7) is 9.96. The van der Waals surface area contributed by atoms with Crippen LogP contribution in [0.3, 0.4) is 0 Å². The Morgan fingerprint density at radius 3 is 2.68 bits per heavy atom. The number of nitrogens with zero attached hydrogens (tertiary/aromatic N) is 5. The lowest BCUT2D eigenvalue weighted by Crippen LogP contribution is -2.32. The van der Waals surface area contributed by atoms with Crippen molar-refractivity contribution in [2.24, 2.45) is 0 Å². The molecule has 0 radical (unpaired) electrons. The molecule has 0 aliphatic carbocycles. The van der Waals surface area contributed by atoms with Crippen molar-refractivity contribution in [1.82, 2.24) is 19.7 Å². The first-order valence-corrected chi connectivity index (χ1v) is 7.48. The third-order valence-corrected chi connectivity index (χ3v) is 4.35. The fraction of sp³-hybridized carbons (Fsp3) is 0.412. The molecule has 0 fully saturated rings. The van der Waals surface area contributed by atoms with Gasteiger partial charge in [-0.3, -0.25) is 4.68 Å². The summed E-state index contributed by atoms with van der Waals surface area (Å²) in [5.41, 5.74) is 3.29. The normalized spacial score (nSPS) is 11.2. The summed E-state index contributed by atoms with van der Waals surface area (Å²) >= 11 is 0. The molecular formula is C17H21N5. The average Bonchev–Trinajstić information content (AvgIpc) is 3.02. The molecule has 0 amide bonds. The van der Waals surface area contributed by atoms with E-state index >= 15 is 0 Å². The van der Waals surface area contributed by atoms with Gasteiger partial charge in [0.15, 0.2) is 0 Å². The van der Waals surface area contributed by atoms with Gasteiger partial charge >= 0.3 is 0 Å². The second-order valence-electron chi connectivity index (χ2n) is 5.37. The van der Waals surface area contributed by atoms with Gasteiger partial charge in [-0.2, -0.15) is 10.4 Å². The highest BCUT2D eigenvalue weighted by Crippen LogP contribution is 2.31. The van der Waals surface area contributed by atoms with Gasteiger partial charge in [0, 0.05) is 23.0 Å². The van der Waals surface area contributed by atoms with Crippen molar-refractivity contribution in [3.63, 3.8) is 0 Å². The Bertz CT molecular complexity index is 704. The second-order valence-corrected chi connectivity index (χ2v) is 5.37. The first-order chi connectivity index (χ1) is 10.6. The van der Waals surface area contributed by atoms with Crippen LogP contribution in [0.2, 0.25) is 0 Å². The van der Waals surface area contributed by atoms with Gasteiger partial charge in [-0.25, -0.2) is 9.97 Å². The minimum Gasteiger partial charge on any atom is -0.265 e. The predicted octanol–water partition coefficient (Wildman–Crippen LogP) is 3.72. The van der Waals surface area contributed by atoms with E-state index in [4.69, 9.17) is 5.26 Å². The van der Waals surface area contributed by atoms with Gasteiger partial charge in [0.25, 0.3) is 0 Å². The Hall–Kier alpha value is -2.48. The maximum atomic E-state index is 9.14. The Morgan fingerprint density at radius 2 is 2.09 bits per heavy atom. The standard InChI is InChI=1S/C17H21N5/c1-5-15-13(4)19-12-20-16(15)14-10-21-22(11-14)17(6-2,7-3)8-9-18/h5,10-12H,1,6-8H2,2-4H3. The Balaban J connectivity index is 2.51. The van der Waals surface area contributed by atoms with Crippen LogP contribution in [0.25, 0.3) is 17.3 Å². The van der Waals surface area contributed by atoms with Gasteiger partial charge in [-0.1, -0.05) is 26.5 Å². The Kier molecular flexibility index (Phi) is 4.71. The fourth-order valence-electron chi connectivity index (χ4n) is 2.71. The van der Waals surface area contributed by atoms with Crippen LogP contribution in [-0.4, -0.2) is 19.7 Å². The fourth-order valence-corrected chi connectivity index (χ4v) is 2.71. The molecule has 0 N–H and O–H groups in total. The van der Waals surface area contributed by atoms with Crippen molar-refractivity contribution >= 4 is 6.08 Å². The molecule has 0 saturated carbocycles. The highest BCUT2D eigenvalue weighted by atomic mass is 15.3. The minimum atomic E-state index is -0.260. The van der Waals surface area contributed by atoms with Crippen LogP contribution >= 0.6 is 0 Å². The van der Waals surface area contributed by atoms with Gasteiger partial charge in [0.1, 0.15) is 6.33 Å². The van der Waals surface area contributed by atoms with E-state index in [0.717, 1.165) is 35.4 Å². The zero-order valence-corrected chi connectivity index (χ0v) is 13.4. The molecule has 5 nitrogen and oxygen atoms in total. The highest BCUT2D eigenvalue weighted by molar-refractivity contribution is 5.71. The van der Waals surface area contributed by atoms with Gasteiger partial charge in [-0.05, 0) is 19.8 Å². The topological polar surface area (TPSA) is 67.4 Å². The summed E-state index contributed by atoms with van der Waals surface area (Å²) < 4.78 is 1.91. The molecule has 0 unspecified atom stereocenters. The molecule has 0 aliphatic heterocycles. The van der Waals surface area contributed by atoms with Crippen LogP contribution in [-0.2, 0) is 5.54 Å². The second kappa shape index (κ2) is 6.52. The minimum absolute atomic E-state index is 0.260. The SMILES string of the molecule is C=Cc1c(C)ncnc1-c1cnn(C(CC)(CC)CC#N)c1. The molecule has 114 valence electrons. The summed E-state index contributed by atoms with van der Waals surface area (Å²) in [5.74, 6) is 0. The molecule has 2 heterocycles.